The number of aromatic carboxylic acids is 1. The Kier molecular flexibility index (Phi) is 3.64. The van der Waals surface area contributed by atoms with Crippen molar-refractivity contribution in [3.05, 3.63) is 21.9 Å². The minimum atomic E-state index is -1.01. The van der Waals surface area contributed by atoms with Gasteiger partial charge in [-0.1, -0.05) is 13.8 Å². The monoisotopic (exact) mass is 297 g/mol. The fraction of sp³-hybridized carbons (Fsp3) is 0.571. The van der Waals surface area contributed by atoms with Crippen LogP contribution in [0.5, 0.6) is 0 Å². The van der Waals surface area contributed by atoms with Crippen molar-refractivity contribution in [1.29, 1.82) is 0 Å². The molecular weight excluding hydrogens is 278 g/mol. The summed E-state index contributed by atoms with van der Waals surface area (Å²) in [5.74, 6) is -1.23. The van der Waals surface area contributed by atoms with Crippen LogP contribution in [0.25, 0.3) is 0 Å². The molecule has 0 radical (unpaired) electrons. The van der Waals surface area contributed by atoms with Crippen LogP contribution in [-0.4, -0.2) is 35.7 Å². The number of carboxylic acids is 1. The molecule has 20 heavy (non-hydrogen) atoms. The van der Waals surface area contributed by atoms with E-state index in [4.69, 9.17) is 9.84 Å². The first-order valence-electron chi connectivity index (χ1n) is 6.40. The number of carbonyl (C=O) groups is 2. The Balaban J connectivity index is 2.04. The quantitative estimate of drug-likeness (QED) is 0.894. The van der Waals surface area contributed by atoms with Gasteiger partial charge in [0.1, 0.15) is 4.88 Å². The Morgan fingerprint density at radius 1 is 1.35 bits per heavy atom. The fourth-order valence-corrected chi connectivity index (χ4v) is 3.28. The second kappa shape index (κ2) is 4.86. The van der Waals surface area contributed by atoms with Gasteiger partial charge in [-0.2, -0.15) is 0 Å². The third-order valence-electron chi connectivity index (χ3n) is 4.62. The van der Waals surface area contributed by atoms with Crippen LogP contribution in [0.1, 0.15) is 46.5 Å². The van der Waals surface area contributed by atoms with Crippen LogP contribution in [0.4, 0.5) is 0 Å². The molecule has 1 aromatic rings. The van der Waals surface area contributed by atoms with Crippen molar-refractivity contribution in [3.63, 3.8) is 0 Å². The van der Waals surface area contributed by atoms with E-state index >= 15 is 0 Å². The van der Waals surface area contributed by atoms with Crippen LogP contribution in [-0.2, 0) is 4.74 Å². The molecule has 2 rings (SSSR count). The molecule has 0 bridgehead atoms. The molecule has 1 aliphatic rings. The zero-order chi connectivity index (χ0) is 15.1. The maximum absolute atomic E-state index is 12.1. The van der Waals surface area contributed by atoms with Gasteiger partial charge in [-0.25, -0.2) is 4.79 Å². The molecule has 1 amide bonds. The van der Waals surface area contributed by atoms with E-state index in [0.717, 1.165) is 17.8 Å². The zero-order valence-corrected chi connectivity index (χ0v) is 12.8. The largest absolute Gasteiger partial charge is 0.477 e. The van der Waals surface area contributed by atoms with Gasteiger partial charge in [0, 0.05) is 18.6 Å². The molecular formula is C14H19NO4S. The molecule has 1 aromatic heterocycles. The second-order valence-electron chi connectivity index (χ2n) is 5.86. The number of carboxylic acid groups (broad SMARTS) is 1. The van der Waals surface area contributed by atoms with E-state index in [9.17, 15) is 9.59 Å². The molecule has 1 saturated carbocycles. The van der Waals surface area contributed by atoms with Crippen LogP contribution >= 0.6 is 11.3 Å². The van der Waals surface area contributed by atoms with Gasteiger partial charge in [0.15, 0.2) is 0 Å². The van der Waals surface area contributed by atoms with Gasteiger partial charge < -0.3 is 15.2 Å². The maximum atomic E-state index is 12.1. The van der Waals surface area contributed by atoms with E-state index in [-0.39, 0.29) is 27.8 Å². The highest BCUT2D eigenvalue weighted by atomic mass is 32.1. The number of carbonyl (C=O) groups excluding carboxylic acids is 1. The Labute approximate surface area is 121 Å². The lowest BCUT2D eigenvalue weighted by Gasteiger charge is -2.59. The highest BCUT2D eigenvalue weighted by Gasteiger charge is 2.58. The van der Waals surface area contributed by atoms with Crippen LogP contribution in [0.2, 0.25) is 0 Å². The number of ether oxygens (including phenoxy) is 1. The van der Waals surface area contributed by atoms with Gasteiger partial charge in [-0.3, -0.25) is 4.79 Å². The van der Waals surface area contributed by atoms with Crippen molar-refractivity contribution in [2.45, 2.75) is 38.8 Å². The first-order chi connectivity index (χ1) is 9.21. The normalized spacial score (nSPS) is 27.7. The van der Waals surface area contributed by atoms with Crippen molar-refractivity contribution in [3.8, 4) is 0 Å². The molecule has 2 unspecified atom stereocenters. The third kappa shape index (κ3) is 2.23. The lowest BCUT2D eigenvalue weighted by atomic mass is 9.56. The summed E-state index contributed by atoms with van der Waals surface area (Å²) in [5, 5.41) is 11.8. The topological polar surface area (TPSA) is 75.6 Å². The predicted octanol–water partition coefficient (Wildman–Crippen LogP) is 2.38. The highest BCUT2D eigenvalue weighted by molar-refractivity contribution is 7.15. The first kappa shape index (κ1) is 15.0. The summed E-state index contributed by atoms with van der Waals surface area (Å²) in [6.45, 7) is 6.15. The number of hydrogen-bond donors (Lipinski definition) is 2. The minimum absolute atomic E-state index is 0.0235. The van der Waals surface area contributed by atoms with Gasteiger partial charge in [-0.15, -0.1) is 11.3 Å². The lowest BCUT2D eigenvalue weighted by molar-refractivity contribution is -0.177. The van der Waals surface area contributed by atoms with Gasteiger partial charge in [0.25, 0.3) is 5.91 Å². The molecule has 0 aliphatic heterocycles. The number of hydrogen-bond acceptors (Lipinski definition) is 4. The molecule has 6 heteroatoms. The SMILES string of the molecule is COC1(C)CC(NC(=O)c2ccc(C(=O)O)s2)C1(C)C. The molecule has 1 heterocycles. The van der Waals surface area contributed by atoms with E-state index < -0.39 is 5.97 Å². The predicted molar refractivity (Wildman–Crippen MR) is 76.3 cm³/mol. The summed E-state index contributed by atoms with van der Waals surface area (Å²) in [6.07, 6.45) is 0.749. The van der Waals surface area contributed by atoms with E-state index in [0.29, 0.717) is 4.88 Å². The fourth-order valence-electron chi connectivity index (χ4n) is 2.53. The Hall–Kier alpha value is -1.40. The van der Waals surface area contributed by atoms with Gasteiger partial charge in [0.05, 0.1) is 10.5 Å². The number of nitrogens with one attached hydrogen (secondary N) is 1. The second-order valence-corrected chi connectivity index (χ2v) is 6.94. The molecule has 0 saturated heterocycles. The molecule has 5 nitrogen and oxygen atoms in total. The standard InChI is InChI=1S/C14H19NO4S/c1-13(2)10(7-14(13,3)19-4)15-11(16)8-5-6-9(20-8)12(17)18/h5-6,10H,7H2,1-4H3,(H,15,16)(H,17,18). The van der Waals surface area contributed by atoms with E-state index in [1.54, 1.807) is 13.2 Å². The Morgan fingerprint density at radius 3 is 2.40 bits per heavy atom. The molecule has 0 aromatic carbocycles. The summed E-state index contributed by atoms with van der Waals surface area (Å²) in [7, 11) is 1.68. The summed E-state index contributed by atoms with van der Waals surface area (Å²) in [6, 6.07) is 3.02. The molecule has 1 fully saturated rings. The highest BCUT2D eigenvalue weighted by Crippen LogP contribution is 2.51. The maximum Gasteiger partial charge on any atom is 0.345 e. The average molecular weight is 297 g/mol. The summed E-state index contributed by atoms with van der Waals surface area (Å²) < 4.78 is 5.52. The van der Waals surface area contributed by atoms with Gasteiger partial charge in [-0.05, 0) is 25.5 Å². The van der Waals surface area contributed by atoms with Crippen molar-refractivity contribution in [2.75, 3.05) is 7.11 Å². The summed E-state index contributed by atoms with van der Waals surface area (Å²) >= 11 is 0.989. The Morgan fingerprint density at radius 2 is 1.95 bits per heavy atom. The molecule has 0 spiro atoms. The number of rotatable bonds is 4. The van der Waals surface area contributed by atoms with E-state index in [1.165, 1.54) is 6.07 Å². The number of amides is 1. The lowest BCUT2D eigenvalue weighted by Crippen LogP contribution is -2.68. The third-order valence-corrected chi connectivity index (χ3v) is 5.70. The van der Waals surface area contributed by atoms with Crippen molar-refractivity contribution in [1.82, 2.24) is 5.32 Å². The van der Waals surface area contributed by atoms with Crippen LogP contribution in [0, 0.1) is 5.41 Å². The molecule has 2 atom stereocenters. The van der Waals surface area contributed by atoms with E-state index in [2.05, 4.69) is 19.2 Å². The van der Waals surface area contributed by atoms with Gasteiger partial charge in [0.2, 0.25) is 0 Å². The number of thiophene rings is 1. The molecule has 2 N–H and O–H groups in total. The van der Waals surface area contributed by atoms with Crippen LogP contribution < -0.4 is 5.32 Å². The summed E-state index contributed by atoms with van der Waals surface area (Å²) in [5.41, 5.74) is -0.406. The van der Waals surface area contributed by atoms with Crippen LogP contribution in [0.3, 0.4) is 0 Å². The van der Waals surface area contributed by atoms with Crippen molar-refractivity contribution >= 4 is 23.2 Å². The van der Waals surface area contributed by atoms with Crippen molar-refractivity contribution in [2.24, 2.45) is 5.41 Å². The van der Waals surface area contributed by atoms with Crippen LogP contribution in [0.15, 0.2) is 12.1 Å². The minimum Gasteiger partial charge on any atom is -0.477 e. The zero-order valence-electron chi connectivity index (χ0n) is 12.0. The molecule has 1 aliphatic carbocycles. The number of methoxy groups -OCH3 is 1. The average Bonchev–Trinajstić information content (AvgIpc) is 2.87. The van der Waals surface area contributed by atoms with Gasteiger partial charge >= 0.3 is 5.97 Å². The smallest absolute Gasteiger partial charge is 0.345 e. The van der Waals surface area contributed by atoms with E-state index in [1.807, 2.05) is 6.92 Å². The van der Waals surface area contributed by atoms with Crippen molar-refractivity contribution < 1.29 is 19.4 Å². The molecule has 110 valence electrons. The summed E-state index contributed by atoms with van der Waals surface area (Å²) in [4.78, 5) is 23.5. The Bertz CT molecular complexity index is 551. The first-order valence-corrected chi connectivity index (χ1v) is 7.22.